The summed E-state index contributed by atoms with van der Waals surface area (Å²) in [6.45, 7) is 2.39. The Balaban J connectivity index is 2.76. The molecule has 0 saturated carbocycles. The van der Waals surface area contributed by atoms with Crippen LogP contribution in [-0.2, 0) is 11.3 Å². The number of nitrogens with two attached hydrogens (primary N) is 1. The Morgan fingerprint density at radius 1 is 1.67 bits per heavy atom. The average Bonchev–Trinajstić information content (AvgIpc) is 2.34. The summed E-state index contributed by atoms with van der Waals surface area (Å²) < 4.78 is 6.35. The number of hydrogen-bond acceptors (Lipinski definition) is 3. The number of carbonyl (C=O) groups excluding carboxylic acids is 1. The molecular weight excluding hydrogens is 296 g/mol. The average molecular weight is 311 g/mol. The highest BCUT2D eigenvalue weighted by Crippen LogP contribution is 2.23. The fraction of sp³-hybridized carbons (Fsp3) is 0.308. The minimum absolute atomic E-state index is 0.208. The molecular formula is C13H15BrN2O2. The van der Waals surface area contributed by atoms with Gasteiger partial charge >= 0.3 is 0 Å². The Bertz CT molecular complexity index is 469. The molecule has 0 aliphatic heterocycles. The molecule has 0 aliphatic carbocycles. The molecule has 5 heteroatoms. The summed E-state index contributed by atoms with van der Waals surface area (Å²) in [7, 11) is 0. The first-order chi connectivity index (χ1) is 8.54. The van der Waals surface area contributed by atoms with Crippen LogP contribution in [0.15, 0.2) is 22.7 Å². The number of rotatable bonds is 6. The summed E-state index contributed by atoms with van der Waals surface area (Å²) in [5.41, 5.74) is 6.09. The molecule has 1 aromatic carbocycles. The number of amides is 1. The number of primary amides is 1. The van der Waals surface area contributed by atoms with E-state index in [0.29, 0.717) is 12.3 Å². The van der Waals surface area contributed by atoms with Gasteiger partial charge in [-0.25, -0.2) is 0 Å². The third kappa shape index (κ3) is 4.40. The normalized spacial score (nSPS) is 11.6. The summed E-state index contributed by atoms with van der Waals surface area (Å²) in [5.74, 6) is 2.71. The topological polar surface area (TPSA) is 64.3 Å². The second-order valence-electron chi connectivity index (χ2n) is 3.75. The van der Waals surface area contributed by atoms with Crippen LogP contribution in [0.2, 0.25) is 0 Å². The monoisotopic (exact) mass is 310 g/mol. The quantitative estimate of drug-likeness (QED) is 0.781. The van der Waals surface area contributed by atoms with Crippen molar-refractivity contribution in [1.29, 1.82) is 0 Å². The highest BCUT2D eigenvalue weighted by atomic mass is 79.9. The summed E-state index contributed by atoms with van der Waals surface area (Å²) in [5, 5.41) is 3.02. The SMILES string of the molecule is C#CCOc1ccc(Br)cc1CNC(C)C(N)=O. The van der Waals surface area contributed by atoms with Crippen molar-refractivity contribution in [2.75, 3.05) is 6.61 Å². The van der Waals surface area contributed by atoms with Crippen LogP contribution in [0.25, 0.3) is 0 Å². The van der Waals surface area contributed by atoms with Gasteiger partial charge in [-0.3, -0.25) is 4.79 Å². The van der Waals surface area contributed by atoms with Crippen molar-refractivity contribution < 1.29 is 9.53 Å². The van der Waals surface area contributed by atoms with Gasteiger partial charge in [0, 0.05) is 16.6 Å². The lowest BCUT2D eigenvalue weighted by Gasteiger charge is -2.13. The molecule has 1 amide bonds. The van der Waals surface area contributed by atoms with Crippen molar-refractivity contribution in [2.45, 2.75) is 19.5 Å². The van der Waals surface area contributed by atoms with Gasteiger partial charge in [0.05, 0.1) is 6.04 Å². The zero-order valence-corrected chi connectivity index (χ0v) is 11.7. The number of ether oxygens (including phenoxy) is 1. The zero-order valence-electron chi connectivity index (χ0n) is 10.1. The minimum atomic E-state index is -0.399. The van der Waals surface area contributed by atoms with E-state index < -0.39 is 11.9 Å². The maximum absolute atomic E-state index is 10.9. The van der Waals surface area contributed by atoms with Crippen LogP contribution in [0.4, 0.5) is 0 Å². The van der Waals surface area contributed by atoms with Crippen LogP contribution in [0.3, 0.4) is 0 Å². The van der Waals surface area contributed by atoms with Gasteiger partial charge in [-0.05, 0) is 25.1 Å². The minimum Gasteiger partial charge on any atom is -0.481 e. The Hall–Kier alpha value is -1.51. The standard InChI is InChI=1S/C13H15BrN2O2/c1-3-6-18-12-5-4-11(14)7-10(12)8-16-9(2)13(15)17/h1,4-5,7,9,16H,6,8H2,2H3,(H2,15,17). The van der Waals surface area contributed by atoms with Gasteiger partial charge in [-0.2, -0.15) is 0 Å². The van der Waals surface area contributed by atoms with E-state index >= 15 is 0 Å². The van der Waals surface area contributed by atoms with E-state index in [2.05, 4.69) is 27.2 Å². The Morgan fingerprint density at radius 2 is 2.39 bits per heavy atom. The van der Waals surface area contributed by atoms with Crippen molar-refractivity contribution in [3.63, 3.8) is 0 Å². The molecule has 0 heterocycles. The molecule has 1 aromatic rings. The number of benzene rings is 1. The first-order valence-corrected chi connectivity index (χ1v) is 6.21. The van der Waals surface area contributed by atoms with Gasteiger partial charge in [0.2, 0.25) is 5.91 Å². The maximum atomic E-state index is 10.9. The Morgan fingerprint density at radius 3 is 3.00 bits per heavy atom. The summed E-state index contributed by atoms with van der Waals surface area (Å²) >= 11 is 3.39. The van der Waals surface area contributed by atoms with Crippen LogP contribution >= 0.6 is 15.9 Å². The van der Waals surface area contributed by atoms with E-state index in [4.69, 9.17) is 16.9 Å². The fourth-order valence-corrected chi connectivity index (χ4v) is 1.72. The smallest absolute Gasteiger partial charge is 0.234 e. The summed E-state index contributed by atoms with van der Waals surface area (Å²) in [6, 6.07) is 5.21. The Kier molecular flexibility index (Phi) is 5.69. The lowest BCUT2D eigenvalue weighted by molar-refractivity contribution is -0.119. The first kappa shape index (κ1) is 14.6. The third-order valence-electron chi connectivity index (χ3n) is 2.36. The second kappa shape index (κ2) is 7.04. The van der Waals surface area contributed by atoms with E-state index in [9.17, 15) is 4.79 Å². The number of nitrogens with one attached hydrogen (secondary N) is 1. The van der Waals surface area contributed by atoms with Crippen LogP contribution < -0.4 is 15.8 Å². The van der Waals surface area contributed by atoms with Gasteiger partial charge in [-0.15, -0.1) is 6.42 Å². The van der Waals surface area contributed by atoms with Crippen molar-refractivity contribution in [1.82, 2.24) is 5.32 Å². The van der Waals surface area contributed by atoms with Crippen molar-refractivity contribution >= 4 is 21.8 Å². The van der Waals surface area contributed by atoms with Crippen LogP contribution in [0.5, 0.6) is 5.75 Å². The van der Waals surface area contributed by atoms with E-state index in [1.807, 2.05) is 18.2 Å². The van der Waals surface area contributed by atoms with Crippen LogP contribution in [-0.4, -0.2) is 18.6 Å². The number of terminal acetylenes is 1. The van der Waals surface area contributed by atoms with Gasteiger partial charge in [0.15, 0.2) is 0 Å². The second-order valence-corrected chi connectivity index (χ2v) is 4.67. The fourth-order valence-electron chi connectivity index (χ4n) is 1.31. The zero-order chi connectivity index (χ0) is 13.5. The molecule has 0 radical (unpaired) electrons. The molecule has 0 aromatic heterocycles. The van der Waals surface area contributed by atoms with Crippen molar-refractivity contribution in [3.05, 3.63) is 28.2 Å². The van der Waals surface area contributed by atoms with E-state index in [-0.39, 0.29) is 6.61 Å². The number of carbonyl (C=O) groups is 1. The van der Waals surface area contributed by atoms with Crippen molar-refractivity contribution in [3.8, 4) is 18.1 Å². The van der Waals surface area contributed by atoms with Crippen LogP contribution in [0.1, 0.15) is 12.5 Å². The lowest BCUT2D eigenvalue weighted by atomic mass is 10.2. The predicted molar refractivity (Wildman–Crippen MR) is 74.0 cm³/mol. The maximum Gasteiger partial charge on any atom is 0.234 e. The molecule has 96 valence electrons. The molecule has 0 spiro atoms. The molecule has 1 atom stereocenters. The van der Waals surface area contributed by atoms with E-state index in [1.54, 1.807) is 6.92 Å². The van der Waals surface area contributed by atoms with Gasteiger partial charge in [0.25, 0.3) is 0 Å². The third-order valence-corrected chi connectivity index (χ3v) is 2.85. The molecule has 1 rings (SSSR count). The first-order valence-electron chi connectivity index (χ1n) is 5.42. The van der Waals surface area contributed by atoms with E-state index in [0.717, 1.165) is 10.0 Å². The molecule has 1 unspecified atom stereocenters. The highest BCUT2D eigenvalue weighted by Gasteiger charge is 2.10. The molecule has 4 nitrogen and oxygen atoms in total. The molecule has 0 fully saturated rings. The highest BCUT2D eigenvalue weighted by molar-refractivity contribution is 9.10. The van der Waals surface area contributed by atoms with Gasteiger partial charge in [0.1, 0.15) is 12.4 Å². The summed E-state index contributed by atoms with van der Waals surface area (Å²) in [6.07, 6.45) is 5.16. The lowest BCUT2D eigenvalue weighted by Crippen LogP contribution is -2.38. The Labute approximate surface area is 115 Å². The molecule has 18 heavy (non-hydrogen) atoms. The van der Waals surface area contributed by atoms with E-state index in [1.165, 1.54) is 0 Å². The number of hydrogen-bond donors (Lipinski definition) is 2. The largest absolute Gasteiger partial charge is 0.481 e. The molecule has 0 aliphatic rings. The molecule has 3 N–H and O–H groups in total. The van der Waals surface area contributed by atoms with Gasteiger partial charge < -0.3 is 15.8 Å². The van der Waals surface area contributed by atoms with Gasteiger partial charge in [-0.1, -0.05) is 21.9 Å². The predicted octanol–water partition coefficient (Wildman–Crippen LogP) is 1.42. The molecule has 0 saturated heterocycles. The van der Waals surface area contributed by atoms with Crippen molar-refractivity contribution in [2.24, 2.45) is 5.73 Å². The molecule has 0 bridgehead atoms. The van der Waals surface area contributed by atoms with Crippen LogP contribution in [0, 0.1) is 12.3 Å². The number of halogens is 1. The summed E-state index contributed by atoms with van der Waals surface area (Å²) in [4.78, 5) is 10.9.